The first-order chi connectivity index (χ1) is 14.6. The van der Waals surface area contributed by atoms with Crippen molar-refractivity contribution >= 4 is 31.3 Å². The number of halogens is 3. The van der Waals surface area contributed by atoms with Crippen LogP contribution in [0.2, 0.25) is 0 Å². The van der Waals surface area contributed by atoms with Gasteiger partial charge in [-0.05, 0) is 47.5 Å². The van der Waals surface area contributed by atoms with Gasteiger partial charge in [-0.15, -0.1) is 11.3 Å². The maximum atomic E-state index is 13.3. The van der Waals surface area contributed by atoms with Crippen LogP contribution >= 0.6 is 11.3 Å². The van der Waals surface area contributed by atoms with E-state index in [1.165, 1.54) is 35.6 Å². The molecule has 0 N–H and O–H groups in total. The van der Waals surface area contributed by atoms with Gasteiger partial charge in [0.2, 0.25) is 0 Å². The Morgan fingerprint density at radius 1 is 0.806 bits per heavy atom. The first-order valence-corrected chi connectivity index (χ1v) is 11.8. The van der Waals surface area contributed by atoms with Crippen LogP contribution in [-0.4, -0.2) is 14.7 Å². The van der Waals surface area contributed by atoms with Crippen molar-refractivity contribution in [2.24, 2.45) is 0 Å². The van der Waals surface area contributed by atoms with Crippen LogP contribution in [0.3, 0.4) is 0 Å². The Morgan fingerprint density at radius 3 is 1.97 bits per heavy atom. The van der Waals surface area contributed by atoms with Gasteiger partial charge < -0.3 is 0 Å². The largest absolute Gasteiger partial charge is 0.416 e. The van der Waals surface area contributed by atoms with Crippen LogP contribution in [-0.2, 0) is 16.0 Å². The van der Waals surface area contributed by atoms with E-state index in [9.17, 15) is 26.4 Å². The Morgan fingerprint density at radius 2 is 1.39 bits per heavy atom. The number of alkyl halides is 3. The van der Waals surface area contributed by atoms with E-state index < -0.39 is 21.6 Å². The summed E-state index contributed by atoms with van der Waals surface area (Å²) in [6.45, 7) is 0. The highest BCUT2D eigenvalue weighted by Gasteiger charge is 2.30. The van der Waals surface area contributed by atoms with Gasteiger partial charge in [0.25, 0.3) is 0 Å². The zero-order valence-electron chi connectivity index (χ0n) is 16.1. The predicted octanol–water partition coefficient (Wildman–Crippen LogP) is 6.02. The smallest absolute Gasteiger partial charge is 0.288 e. The molecule has 4 rings (SSSR count). The van der Waals surface area contributed by atoms with Crippen LogP contribution in [0.25, 0.3) is 31.7 Å². The number of sulfone groups is 1. The van der Waals surface area contributed by atoms with Crippen LogP contribution in [0.15, 0.2) is 82.5 Å². The lowest BCUT2D eigenvalue weighted by Crippen LogP contribution is -2.08. The molecule has 0 aliphatic heterocycles. The topological polar surface area (TPSA) is 51.2 Å². The van der Waals surface area contributed by atoms with Crippen molar-refractivity contribution in [3.63, 3.8) is 0 Å². The number of hydrogen-bond acceptors (Lipinski definition) is 4. The maximum Gasteiger partial charge on any atom is 0.416 e. The molecule has 31 heavy (non-hydrogen) atoms. The van der Waals surface area contributed by atoms with Gasteiger partial charge in [0.15, 0.2) is 15.3 Å². The van der Waals surface area contributed by atoms with Gasteiger partial charge in [-0.1, -0.05) is 36.4 Å². The summed E-state index contributed by atoms with van der Waals surface area (Å²) < 4.78 is 63.2. The molecule has 0 spiro atoms. The van der Waals surface area contributed by atoms with E-state index in [-0.39, 0.29) is 15.9 Å². The average molecular weight is 460 g/mol. The molecule has 3 aromatic carbocycles. The fraction of sp³-hybridized carbons (Fsp3) is 0.0870. The summed E-state index contributed by atoms with van der Waals surface area (Å²) in [7, 11) is -3.39. The molecule has 158 valence electrons. The van der Waals surface area contributed by atoms with Gasteiger partial charge in [0.1, 0.15) is 0 Å². The molecule has 0 radical (unpaired) electrons. The van der Waals surface area contributed by atoms with Crippen molar-refractivity contribution in [2.45, 2.75) is 11.1 Å². The minimum atomic E-state index is -4.48. The molecular weight excluding hydrogens is 445 g/mol. The molecule has 3 nitrogen and oxygen atoms in total. The van der Waals surface area contributed by atoms with Crippen LogP contribution in [0.4, 0.5) is 13.2 Å². The predicted molar refractivity (Wildman–Crippen MR) is 117 cm³/mol. The molecule has 4 aromatic rings. The fourth-order valence-electron chi connectivity index (χ4n) is 3.29. The molecule has 0 saturated carbocycles. The van der Waals surface area contributed by atoms with E-state index in [2.05, 4.69) is 0 Å². The van der Waals surface area contributed by atoms with Crippen molar-refractivity contribution in [3.05, 3.63) is 88.6 Å². The lowest BCUT2D eigenvalue weighted by molar-refractivity contribution is -0.137. The molecule has 0 aliphatic rings. The summed E-state index contributed by atoms with van der Waals surface area (Å²) in [4.78, 5) is 14.0. The second-order valence-corrected chi connectivity index (χ2v) is 10.1. The summed E-state index contributed by atoms with van der Waals surface area (Å²) in [5, 5.41) is 0.471. The summed E-state index contributed by atoms with van der Waals surface area (Å²) >= 11 is 1.33. The average Bonchev–Trinajstić information content (AvgIpc) is 2.73. The summed E-state index contributed by atoms with van der Waals surface area (Å²) in [5.74, 6) is 0. The van der Waals surface area contributed by atoms with Gasteiger partial charge in [-0.2, -0.15) is 13.2 Å². The van der Waals surface area contributed by atoms with Crippen molar-refractivity contribution in [1.82, 2.24) is 0 Å². The Bertz CT molecular complexity index is 1440. The SMILES string of the molecule is CS(=O)(=O)c1ccc(-c2sc3ccccc3c(=O)c2-c2ccc(C(F)(F)F)cc2)cc1. The quantitative estimate of drug-likeness (QED) is 0.376. The minimum absolute atomic E-state index is 0.139. The molecule has 0 aliphatic carbocycles. The zero-order valence-corrected chi connectivity index (χ0v) is 17.7. The Hall–Kier alpha value is -2.97. The van der Waals surface area contributed by atoms with Crippen LogP contribution in [0.5, 0.6) is 0 Å². The molecule has 0 saturated heterocycles. The van der Waals surface area contributed by atoms with Crippen molar-refractivity contribution in [3.8, 4) is 21.6 Å². The number of hydrogen-bond donors (Lipinski definition) is 0. The second-order valence-electron chi connectivity index (χ2n) is 7.00. The first-order valence-electron chi connectivity index (χ1n) is 9.10. The third-order valence-electron chi connectivity index (χ3n) is 4.84. The van der Waals surface area contributed by atoms with Gasteiger partial charge >= 0.3 is 6.18 Å². The lowest BCUT2D eigenvalue weighted by Gasteiger charge is -2.13. The number of benzene rings is 3. The number of fused-ring (bicyclic) bond motifs is 1. The van der Waals surface area contributed by atoms with Crippen LogP contribution < -0.4 is 5.43 Å². The minimum Gasteiger partial charge on any atom is -0.288 e. The molecule has 0 unspecified atom stereocenters. The normalized spacial score (nSPS) is 12.3. The standard InChI is InChI=1S/C23H15F3O3S2/c1-31(28,29)17-12-8-15(9-13-17)22-20(14-6-10-16(11-7-14)23(24,25)26)21(27)18-4-2-3-5-19(18)30-22/h2-13H,1H3. The van der Waals surface area contributed by atoms with E-state index in [1.54, 1.807) is 36.4 Å². The number of rotatable bonds is 3. The first kappa shape index (κ1) is 21.3. The van der Waals surface area contributed by atoms with Crippen LogP contribution in [0.1, 0.15) is 5.56 Å². The molecule has 0 atom stereocenters. The molecule has 1 aromatic heterocycles. The molecule has 0 bridgehead atoms. The zero-order chi connectivity index (χ0) is 22.4. The van der Waals surface area contributed by atoms with Crippen molar-refractivity contribution in [1.29, 1.82) is 0 Å². The van der Waals surface area contributed by atoms with E-state index in [0.29, 0.717) is 21.4 Å². The van der Waals surface area contributed by atoms with Crippen molar-refractivity contribution in [2.75, 3.05) is 6.26 Å². The molecular formula is C23H15F3O3S2. The van der Waals surface area contributed by atoms with E-state index in [4.69, 9.17) is 0 Å². The van der Waals surface area contributed by atoms with Gasteiger partial charge in [0, 0.05) is 26.8 Å². The second kappa shape index (κ2) is 7.62. The van der Waals surface area contributed by atoms with E-state index >= 15 is 0 Å². The summed E-state index contributed by atoms with van der Waals surface area (Å²) in [6.07, 6.45) is -3.38. The molecule has 0 amide bonds. The fourth-order valence-corrected chi connectivity index (χ4v) is 5.12. The molecule has 8 heteroatoms. The molecule has 0 fully saturated rings. The highest BCUT2D eigenvalue weighted by Crippen LogP contribution is 2.38. The third-order valence-corrected chi connectivity index (χ3v) is 7.19. The highest BCUT2D eigenvalue weighted by molar-refractivity contribution is 7.90. The van der Waals surface area contributed by atoms with Gasteiger partial charge in [-0.25, -0.2) is 8.42 Å². The monoisotopic (exact) mass is 460 g/mol. The lowest BCUT2D eigenvalue weighted by atomic mass is 9.99. The third kappa shape index (κ3) is 4.13. The Balaban J connectivity index is 1.98. The maximum absolute atomic E-state index is 13.3. The highest BCUT2D eigenvalue weighted by atomic mass is 32.2. The Kier molecular flexibility index (Phi) is 5.23. The van der Waals surface area contributed by atoms with Crippen molar-refractivity contribution < 1.29 is 21.6 Å². The van der Waals surface area contributed by atoms with E-state index in [0.717, 1.165) is 23.1 Å². The Labute approximate surface area is 180 Å². The molecule has 1 heterocycles. The van der Waals surface area contributed by atoms with Gasteiger partial charge in [0.05, 0.1) is 10.5 Å². The summed E-state index contributed by atoms with van der Waals surface area (Å²) in [5.41, 5.74) is 0.158. The van der Waals surface area contributed by atoms with Gasteiger partial charge in [-0.3, -0.25) is 4.79 Å². The van der Waals surface area contributed by atoms with Crippen LogP contribution in [0, 0.1) is 0 Å². The summed E-state index contributed by atoms with van der Waals surface area (Å²) in [6, 6.07) is 17.6. The van der Waals surface area contributed by atoms with E-state index in [1.807, 2.05) is 0 Å².